The van der Waals surface area contributed by atoms with E-state index < -0.39 is 12.1 Å². The molecule has 1 atom stereocenters. The summed E-state index contributed by atoms with van der Waals surface area (Å²) in [5.74, 6) is -0.915. The number of aliphatic hydroxyl groups is 1. The van der Waals surface area contributed by atoms with E-state index in [2.05, 4.69) is 19.1 Å². The largest absolute Gasteiger partial charge is 0.481 e. The first kappa shape index (κ1) is 22.2. The van der Waals surface area contributed by atoms with Crippen molar-refractivity contribution in [3.63, 3.8) is 0 Å². The number of rotatable bonds is 17. The Morgan fingerprint density at radius 2 is 1.30 bits per heavy atom. The molecule has 0 bridgehead atoms. The van der Waals surface area contributed by atoms with Gasteiger partial charge in [-0.3, -0.25) is 4.79 Å². The molecule has 1 unspecified atom stereocenters. The molecule has 0 amide bonds. The van der Waals surface area contributed by atoms with Crippen molar-refractivity contribution in [3.8, 4) is 0 Å². The van der Waals surface area contributed by atoms with Gasteiger partial charge in [0.2, 0.25) is 0 Å². The van der Waals surface area contributed by atoms with Gasteiger partial charge in [0.1, 0.15) is 0 Å². The van der Waals surface area contributed by atoms with E-state index in [9.17, 15) is 9.90 Å². The van der Waals surface area contributed by atoms with Gasteiger partial charge in [0.25, 0.3) is 0 Å². The Morgan fingerprint density at radius 1 is 0.826 bits per heavy atom. The normalized spacial score (nSPS) is 12.8. The van der Waals surface area contributed by atoms with Crippen molar-refractivity contribution < 1.29 is 15.0 Å². The molecule has 0 spiro atoms. The lowest BCUT2D eigenvalue weighted by molar-refractivity contribution is -0.139. The third-order valence-corrected chi connectivity index (χ3v) is 4.21. The van der Waals surface area contributed by atoms with E-state index in [0.29, 0.717) is 6.42 Å². The summed E-state index contributed by atoms with van der Waals surface area (Å²) in [5.41, 5.74) is 0. The highest BCUT2D eigenvalue weighted by Crippen LogP contribution is 2.11. The topological polar surface area (TPSA) is 57.5 Å². The summed E-state index contributed by atoms with van der Waals surface area (Å²) >= 11 is 0. The van der Waals surface area contributed by atoms with Crippen LogP contribution in [0.4, 0.5) is 0 Å². The van der Waals surface area contributed by atoms with Crippen molar-refractivity contribution in [2.24, 2.45) is 0 Å². The number of aliphatic hydroxyl groups excluding tert-OH is 1. The van der Waals surface area contributed by atoms with Gasteiger partial charge in [0.05, 0.1) is 12.5 Å². The van der Waals surface area contributed by atoms with Gasteiger partial charge in [0.15, 0.2) is 0 Å². The summed E-state index contributed by atoms with van der Waals surface area (Å²) < 4.78 is 0. The fourth-order valence-electron chi connectivity index (χ4n) is 2.75. The van der Waals surface area contributed by atoms with Gasteiger partial charge in [-0.2, -0.15) is 0 Å². The number of hydrogen-bond donors (Lipinski definition) is 2. The van der Waals surface area contributed by atoms with Crippen LogP contribution in [0.2, 0.25) is 0 Å². The molecule has 0 aromatic heterocycles. The van der Waals surface area contributed by atoms with Gasteiger partial charge in [0, 0.05) is 0 Å². The number of carboxylic acids is 1. The number of carboxylic acid groups (broad SMARTS) is 1. The molecule has 3 heteroatoms. The lowest BCUT2D eigenvalue weighted by atomic mass is 10.1. The second kappa shape index (κ2) is 17.5. The monoisotopic (exact) mass is 326 g/mol. The summed E-state index contributed by atoms with van der Waals surface area (Å²) in [6.45, 7) is 2.26. The van der Waals surface area contributed by atoms with Gasteiger partial charge in [-0.15, -0.1) is 0 Å². The van der Waals surface area contributed by atoms with Crippen LogP contribution in [0, 0.1) is 0 Å². The van der Waals surface area contributed by atoms with Crippen molar-refractivity contribution in [2.45, 2.75) is 109 Å². The van der Waals surface area contributed by atoms with Gasteiger partial charge in [-0.1, -0.05) is 76.9 Å². The summed E-state index contributed by atoms with van der Waals surface area (Å²) in [6.07, 6.45) is 20.8. The zero-order chi connectivity index (χ0) is 17.2. The summed E-state index contributed by atoms with van der Waals surface area (Å²) in [5, 5.41) is 18.0. The second-order valence-corrected chi connectivity index (χ2v) is 6.62. The zero-order valence-corrected chi connectivity index (χ0v) is 15.1. The van der Waals surface area contributed by atoms with Crippen LogP contribution in [0.15, 0.2) is 12.2 Å². The molecule has 0 heterocycles. The van der Waals surface area contributed by atoms with Crippen molar-refractivity contribution in [1.82, 2.24) is 0 Å². The van der Waals surface area contributed by atoms with E-state index in [1.54, 1.807) is 0 Å². The van der Waals surface area contributed by atoms with E-state index in [-0.39, 0.29) is 6.42 Å². The van der Waals surface area contributed by atoms with Crippen molar-refractivity contribution in [3.05, 3.63) is 12.2 Å². The van der Waals surface area contributed by atoms with Crippen LogP contribution in [-0.2, 0) is 4.79 Å². The number of allylic oxidation sites excluding steroid dienone is 2. The first-order chi connectivity index (χ1) is 11.2. The van der Waals surface area contributed by atoms with E-state index in [1.165, 1.54) is 57.8 Å². The Labute approximate surface area is 143 Å². The minimum Gasteiger partial charge on any atom is -0.481 e. The van der Waals surface area contributed by atoms with E-state index >= 15 is 0 Å². The first-order valence-electron chi connectivity index (χ1n) is 9.71. The van der Waals surface area contributed by atoms with E-state index in [0.717, 1.165) is 25.7 Å². The quantitative estimate of drug-likeness (QED) is 0.260. The molecule has 0 aliphatic carbocycles. The summed E-state index contributed by atoms with van der Waals surface area (Å²) in [4.78, 5) is 10.4. The molecule has 0 aromatic carbocycles. The first-order valence-corrected chi connectivity index (χ1v) is 9.71. The van der Waals surface area contributed by atoms with Gasteiger partial charge in [-0.05, 0) is 32.1 Å². The molecule has 0 rings (SSSR count). The molecule has 0 saturated heterocycles. The maximum Gasteiger partial charge on any atom is 0.305 e. The Bertz CT molecular complexity index is 287. The van der Waals surface area contributed by atoms with E-state index in [4.69, 9.17) is 5.11 Å². The Balaban J connectivity index is 3.18. The second-order valence-electron chi connectivity index (χ2n) is 6.62. The van der Waals surface area contributed by atoms with Crippen LogP contribution < -0.4 is 0 Å². The standard InChI is InChI=1S/C20H38O3/c1-2-3-4-5-6-7-8-9-10-11-12-13-14-15-16-17-19(21)18-20(22)23/h11-12,19,21H,2-10,13-18H2,1H3,(H,22,23)/b12-11-. The van der Waals surface area contributed by atoms with Crippen molar-refractivity contribution >= 4 is 5.97 Å². The number of unbranched alkanes of at least 4 members (excludes halogenated alkanes) is 11. The Hall–Kier alpha value is -0.830. The van der Waals surface area contributed by atoms with Crippen LogP contribution in [0.5, 0.6) is 0 Å². The van der Waals surface area contributed by atoms with Crippen molar-refractivity contribution in [2.75, 3.05) is 0 Å². The number of hydrogen-bond acceptors (Lipinski definition) is 2. The molecule has 136 valence electrons. The molecule has 0 aliphatic rings. The lowest BCUT2D eigenvalue weighted by Gasteiger charge is -2.06. The van der Waals surface area contributed by atoms with Crippen molar-refractivity contribution in [1.29, 1.82) is 0 Å². The molecule has 0 aliphatic heterocycles. The predicted molar refractivity (Wildman–Crippen MR) is 97.7 cm³/mol. The summed E-state index contributed by atoms with van der Waals surface area (Å²) in [7, 11) is 0. The van der Waals surface area contributed by atoms with Crippen LogP contribution in [0.3, 0.4) is 0 Å². The third kappa shape index (κ3) is 19.1. The highest BCUT2D eigenvalue weighted by molar-refractivity contribution is 5.67. The average molecular weight is 327 g/mol. The van der Waals surface area contributed by atoms with Crippen LogP contribution >= 0.6 is 0 Å². The fourth-order valence-corrected chi connectivity index (χ4v) is 2.75. The van der Waals surface area contributed by atoms with Crippen LogP contribution in [0.25, 0.3) is 0 Å². The maximum atomic E-state index is 10.4. The maximum absolute atomic E-state index is 10.4. The zero-order valence-electron chi connectivity index (χ0n) is 15.1. The average Bonchev–Trinajstić information content (AvgIpc) is 2.50. The molecule has 23 heavy (non-hydrogen) atoms. The third-order valence-electron chi connectivity index (χ3n) is 4.21. The summed E-state index contributed by atoms with van der Waals surface area (Å²) in [6, 6.07) is 0. The highest BCUT2D eigenvalue weighted by atomic mass is 16.4. The SMILES string of the molecule is CCCCCCCCCC/C=C\CCCCCC(O)CC(=O)O. The minimum absolute atomic E-state index is 0.126. The van der Waals surface area contributed by atoms with Crippen LogP contribution in [-0.4, -0.2) is 22.3 Å². The van der Waals surface area contributed by atoms with Gasteiger partial charge in [-0.25, -0.2) is 0 Å². The Kier molecular flexibility index (Phi) is 16.9. The van der Waals surface area contributed by atoms with Crippen LogP contribution in [0.1, 0.15) is 103 Å². The van der Waals surface area contributed by atoms with E-state index in [1.807, 2.05) is 0 Å². The molecule has 2 N–H and O–H groups in total. The van der Waals surface area contributed by atoms with Gasteiger partial charge < -0.3 is 10.2 Å². The molecule has 0 fully saturated rings. The predicted octanol–water partition coefficient (Wildman–Crippen LogP) is 5.86. The molecular formula is C20H38O3. The Morgan fingerprint density at radius 3 is 1.83 bits per heavy atom. The highest BCUT2D eigenvalue weighted by Gasteiger charge is 2.08. The number of carbonyl (C=O) groups is 1. The molecule has 0 radical (unpaired) electrons. The molecular weight excluding hydrogens is 288 g/mol. The lowest BCUT2D eigenvalue weighted by Crippen LogP contribution is -2.12. The fraction of sp³-hybridized carbons (Fsp3) is 0.850. The smallest absolute Gasteiger partial charge is 0.305 e. The minimum atomic E-state index is -0.915. The molecule has 3 nitrogen and oxygen atoms in total. The molecule has 0 saturated carbocycles. The molecule has 0 aromatic rings. The van der Waals surface area contributed by atoms with Gasteiger partial charge >= 0.3 is 5.97 Å². The number of aliphatic carboxylic acids is 1.